The average Bonchev–Trinajstić information content (AvgIpc) is 3.18. The summed E-state index contributed by atoms with van der Waals surface area (Å²) in [4.78, 5) is 12.8. The van der Waals surface area contributed by atoms with Gasteiger partial charge >= 0.3 is 0 Å². The molecule has 2 aromatic heterocycles. The number of amides is 1. The predicted molar refractivity (Wildman–Crippen MR) is 103 cm³/mol. The van der Waals surface area contributed by atoms with Crippen molar-refractivity contribution >= 4 is 33.3 Å². The van der Waals surface area contributed by atoms with Gasteiger partial charge in [0.15, 0.2) is 0 Å². The fourth-order valence-corrected chi connectivity index (χ4v) is 3.52. The highest BCUT2D eigenvalue weighted by Gasteiger charge is 2.20. The summed E-state index contributed by atoms with van der Waals surface area (Å²) >= 11 is 1.40. The molecular formula is C19H23N3O3S. The third kappa shape index (κ3) is 4.04. The van der Waals surface area contributed by atoms with Crippen LogP contribution in [0.2, 0.25) is 0 Å². The Balaban J connectivity index is 1.83. The molecule has 6 nitrogen and oxygen atoms in total. The van der Waals surface area contributed by atoms with Gasteiger partial charge in [-0.05, 0) is 38.0 Å². The first-order valence-corrected chi connectivity index (χ1v) is 9.73. The van der Waals surface area contributed by atoms with Crippen molar-refractivity contribution in [2.45, 2.75) is 46.5 Å². The molecule has 3 rings (SSSR count). The van der Waals surface area contributed by atoms with Gasteiger partial charge in [-0.2, -0.15) is 0 Å². The number of benzene rings is 1. The molecule has 1 aromatic carbocycles. The summed E-state index contributed by atoms with van der Waals surface area (Å²) < 4.78 is 11.5. The van der Waals surface area contributed by atoms with Gasteiger partial charge in [-0.3, -0.25) is 10.1 Å². The van der Waals surface area contributed by atoms with Crippen LogP contribution in [0.4, 0.5) is 5.13 Å². The van der Waals surface area contributed by atoms with Crippen molar-refractivity contribution in [3.63, 3.8) is 0 Å². The number of ether oxygens (including phenoxy) is 1. The number of hydrogen-bond donors (Lipinski definition) is 1. The van der Waals surface area contributed by atoms with Crippen LogP contribution >= 0.6 is 11.3 Å². The number of aryl methyl sites for hydroxylation is 2. The molecule has 26 heavy (non-hydrogen) atoms. The highest BCUT2D eigenvalue weighted by atomic mass is 32.1. The number of carbonyl (C=O) groups is 1. The number of hydrogen-bond acceptors (Lipinski definition) is 6. The van der Waals surface area contributed by atoms with E-state index in [1.165, 1.54) is 11.3 Å². The molecule has 1 N–H and O–H groups in total. The number of aromatic nitrogens is 2. The first-order valence-electron chi connectivity index (χ1n) is 8.92. The van der Waals surface area contributed by atoms with Crippen molar-refractivity contribution < 1.29 is 13.9 Å². The average molecular weight is 373 g/mol. The topological polar surface area (TPSA) is 77.2 Å². The van der Waals surface area contributed by atoms with Crippen LogP contribution in [0.3, 0.4) is 0 Å². The Bertz CT molecular complexity index is 901. The molecule has 2 heterocycles. The molecule has 0 aliphatic heterocycles. The monoisotopic (exact) mass is 373 g/mol. The van der Waals surface area contributed by atoms with Crippen LogP contribution < -0.4 is 10.1 Å². The van der Waals surface area contributed by atoms with Crippen molar-refractivity contribution in [3.8, 4) is 5.75 Å². The summed E-state index contributed by atoms with van der Waals surface area (Å²) in [5.74, 6) is 1.06. The molecule has 0 fully saturated rings. The molecule has 7 heteroatoms. The molecule has 3 aromatic rings. The Kier molecular flexibility index (Phi) is 5.88. The molecule has 0 atom stereocenters. The first-order chi connectivity index (χ1) is 12.6. The second-order valence-corrected chi connectivity index (χ2v) is 7.16. The van der Waals surface area contributed by atoms with Crippen LogP contribution in [0.15, 0.2) is 22.6 Å². The summed E-state index contributed by atoms with van der Waals surface area (Å²) in [5.41, 5.74) is 1.17. The Labute approximate surface area is 156 Å². The van der Waals surface area contributed by atoms with Crippen LogP contribution in [0.5, 0.6) is 5.75 Å². The van der Waals surface area contributed by atoms with Gasteiger partial charge in [0.1, 0.15) is 22.1 Å². The highest BCUT2D eigenvalue weighted by Crippen LogP contribution is 2.30. The van der Waals surface area contributed by atoms with E-state index in [2.05, 4.69) is 29.4 Å². The normalized spacial score (nSPS) is 11.0. The molecule has 1 amide bonds. The molecule has 0 spiro atoms. The second kappa shape index (κ2) is 8.31. The van der Waals surface area contributed by atoms with Crippen molar-refractivity contribution in [1.82, 2.24) is 10.2 Å². The number of nitrogens with one attached hydrogen (secondary N) is 1. The maximum atomic E-state index is 12.8. The van der Waals surface area contributed by atoms with E-state index in [0.29, 0.717) is 28.6 Å². The lowest BCUT2D eigenvalue weighted by Crippen LogP contribution is -2.12. The van der Waals surface area contributed by atoms with Gasteiger partial charge in [0.05, 0.1) is 12.2 Å². The van der Waals surface area contributed by atoms with Gasteiger partial charge in [0.2, 0.25) is 5.13 Å². The van der Waals surface area contributed by atoms with Gasteiger partial charge in [0, 0.05) is 11.8 Å². The smallest absolute Gasteiger partial charge is 0.261 e. The minimum absolute atomic E-state index is 0.244. The molecular weight excluding hydrogens is 350 g/mol. The molecule has 0 unspecified atom stereocenters. The fraction of sp³-hybridized carbons (Fsp3) is 0.421. The lowest BCUT2D eigenvalue weighted by molar-refractivity contribution is 0.102. The van der Waals surface area contributed by atoms with E-state index in [-0.39, 0.29) is 5.91 Å². The largest absolute Gasteiger partial charge is 0.494 e. The van der Waals surface area contributed by atoms with Gasteiger partial charge in [-0.15, -0.1) is 10.2 Å². The van der Waals surface area contributed by atoms with Gasteiger partial charge in [-0.25, -0.2) is 0 Å². The van der Waals surface area contributed by atoms with E-state index < -0.39 is 0 Å². The molecule has 0 bridgehead atoms. The van der Waals surface area contributed by atoms with Crippen LogP contribution in [0, 0.1) is 6.92 Å². The molecule has 0 saturated carbocycles. The summed E-state index contributed by atoms with van der Waals surface area (Å²) in [6, 6.07) is 5.56. The Morgan fingerprint density at radius 2 is 2.12 bits per heavy atom. The van der Waals surface area contributed by atoms with Crippen molar-refractivity contribution in [2.24, 2.45) is 0 Å². The van der Waals surface area contributed by atoms with Crippen molar-refractivity contribution in [3.05, 3.63) is 34.5 Å². The van der Waals surface area contributed by atoms with E-state index in [1.807, 2.05) is 18.2 Å². The summed E-state index contributed by atoms with van der Waals surface area (Å²) in [5, 5.41) is 13.1. The van der Waals surface area contributed by atoms with E-state index in [1.54, 1.807) is 6.92 Å². The Morgan fingerprint density at radius 1 is 1.27 bits per heavy atom. The molecule has 0 aliphatic rings. The number of fused-ring (bicyclic) bond motifs is 1. The minimum atomic E-state index is -0.244. The summed E-state index contributed by atoms with van der Waals surface area (Å²) in [6.45, 7) is 6.65. The summed E-state index contributed by atoms with van der Waals surface area (Å²) in [6.07, 6.45) is 3.92. The van der Waals surface area contributed by atoms with Crippen LogP contribution in [0.25, 0.3) is 11.0 Å². The van der Waals surface area contributed by atoms with E-state index in [4.69, 9.17) is 9.15 Å². The Hall–Kier alpha value is -2.41. The highest BCUT2D eigenvalue weighted by molar-refractivity contribution is 7.15. The Morgan fingerprint density at radius 3 is 2.88 bits per heavy atom. The number of carbonyl (C=O) groups excluding carboxylic acids is 1. The predicted octanol–water partition coefficient (Wildman–Crippen LogP) is 4.98. The zero-order chi connectivity index (χ0) is 18.5. The molecule has 0 aliphatic carbocycles. The van der Waals surface area contributed by atoms with Gasteiger partial charge < -0.3 is 9.15 Å². The third-order valence-electron chi connectivity index (χ3n) is 3.98. The maximum absolute atomic E-state index is 12.8. The lowest BCUT2D eigenvalue weighted by atomic mass is 10.1. The van der Waals surface area contributed by atoms with Gasteiger partial charge in [0.25, 0.3) is 5.91 Å². The van der Waals surface area contributed by atoms with Crippen LogP contribution in [0.1, 0.15) is 54.2 Å². The van der Waals surface area contributed by atoms with Crippen LogP contribution in [-0.2, 0) is 6.42 Å². The third-order valence-corrected chi connectivity index (χ3v) is 4.88. The summed E-state index contributed by atoms with van der Waals surface area (Å²) in [7, 11) is 0. The standard InChI is InChI=1S/C19H23N3O3S/c1-4-6-10-24-13-8-9-15-14(11-13)17(12(3)25-15)18(23)20-19-22-21-16(26-19)7-5-2/h8-9,11H,4-7,10H2,1-3H3,(H,20,22,23). The van der Waals surface area contributed by atoms with Crippen molar-refractivity contribution in [2.75, 3.05) is 11.9 Å². The molecule has 138 valence electrons. The SMILES string of the molecule is CCCCOc1ccc2oc(C)c(C(=O)Nc3nnc(CCC)s3)c2c1. The van der Waals surface area contributed by atoms with Crippen LogP contribution in [-0.4, -0.2) is 22.7 Å². The zero-order valence-electron chi connectivity index (χ0n) is 15.3. The first kappa shape index (κ1) is 18.4. The van der Waals surface area contributed by atoms with Crippen molar-refractivity contribution in [1.29, 1.82) is 0 Å². The number of furan rings is 1. The second-order valence-electron chi connectivity index (χ2n) is 6.10. The van der Waals surface area contributed by atoms with Gasteiger partial charge in [-0.1, -0.05) is 31.6 Å². The lowest BCUT2D eigenvalue weighted by Gasteiger charge is -2.05. The van der Waals surface area contributed by atoms with E-state index in [9.17, 15) is 4.79 Å². The number of unbranched alkanes of at least 4 members (excludes halogenated alkanes) is 1. The number of rotatable bonds is 8. The molecule has 0 radical (unpaired) electrons. The number of anilines is 1. The van der Waals surface area contributed by atoms with E-state index in [0.717, 1.165) is 41.8 Å². The fourth-order valence-electron chi connectivity index (χ4n) is 2.68. The number of nitrogens with zero attached hydrogens (tertiary/aromatic N) is 2. The quantitative estimate of drug-likeness (QED) is 0.564. The zero-order valence-corrected chi connectivity index (χ0v) is 16.1. The van der Waals surface area contributed by atoms with E-state index >= 15 is 0 Å². The molecule has 0 saturated heterocycles. The minimum Gasteiger partial charge on any atom is -0.494 e. The maximum Gasteiger partial charge on any atom is 0.261 e.